The minimum atomic E-state index is -4.77. The van der Waals surface area contributed by atoms with E-state index in [4.69, 9.17) is 11.6 Å². The molecule has 0 fully saturated rings. The first-order valence-electron chi connectivity index (χ1n) is 4.28. The van der Waals surface area contributed by atoms with Gasteiger partial charge in [0.25, 0.3) is 0 Å². The van der Waals surface area contributed by atoms with Crippen molar-refractivity contribution in [3.8, 4) is 0 Å². The van der Waals surface area contributed by atoms with Crippen LogP contribution in [0.2, 0.25) is 0 Å². The number of hydrogen-bond donors (Lipinski definition) is 0. The normalized spacial score (nSPS) is 13.6. The zero-order chi connectivity index (χ0) is 12.5. The molecule has 0 heterocycles. The average molecular weight is 255 g/mol. The maximum atomic E-state index is 13.1. The Morgan fingerprint density at radius 1 is 1.38 bits per heavy atom. The summed E-state index contributed by atoms with van der Waals surface area (Å²) < 4.78 is 49.6. The quantitative estimate of drug-likeness (QED) is 0.447. The molecule has 0 bridgehead atoms. The lowest BCUT2D eigenvalue weighted by atomic mass is 10.1. The van der Waals surface area contributed by atoms with Crippen LogP contribution in [0.3, 0.4) is 0 Å². The molecule has 1 nitrogen and oxygen atoms in total. The topological polar surface area (TPSA) is 17.1 Å². The summed E-state index contributed by atoms with van der Waals surface area (Å²) in [5.41, 5.74) is -1.57. The highest BCUT2D eigenvalue weighted by Crippen LogP contribution is 2.31. The molecule has 0 N–H and O–H groups in total. The van der Waals surface area contributed by atoms with E-state index in [-0.39, 0.29) is 5.56 Å². The van der Waals surface area contributed by atoms with Crippen molar-refractivity contribution in [3.05, 3.63) is 35.1 Å². The van der Waals surface area contributed by atoms with Gasteiger partial charge in [-0.15, -0.1) is 11.6 Å². The number of Topliss-reactive ketones (excluding diaryl/α,β-unsaturated/α-hetero) is 1. The molecule has 0 aliphatic rings. The third-order valence-corrected chi connectivity index (χ3v) is 2.12. The van der Waals surface area contributed by atoms with E-state index in [1.54, 1.807) is 0 Å². The highest BCUT2D eigenvalue weighted by molar-refractivity contribution is 6.33. The molecule has 0 spiro atoms. The van der Waals surface area contributed by atoms with Crippen LogP contribution in [-0.4, -0.2) is 11.2 Å². The summed E-state index contributed by atoms with van der Waals surface area (Å²) in [4.78, 5) is 11.3. The van der Waals surface area contributed by atoms with Crippen molar-refractivity contribution >= 4 is 17.4 Å². The summed E-state index contributed by atoms with van der Waals surface area (Å²) >= 11 is 5.45. The van der Waals surface area contributed by atoms with Crippen LogP contribution in [0, 0.1) is 5.82 Å². The molecule has 0 aliphatic heterocycles. The summed E-state index contributed by atoms with van der Waals surface area (Å²) in [6.07, 6.45) is -4.77. The van der Waals surface area contributed by atoms with Gasteiger partial charge in [-0.05, 0) is 19.1 Å². The van der Waals surface area contributed by atoms with Gasteiger partial charge in [0.1, 0.15) is 5.82 Å². The zero-order valence-electron chi connectivity index (χ0n) is 8.11. The third-order valence-electron chi connectivity index (χ3n) is 1.92. The molecular weight excluding hydrogens is 248 g/mol. The van der Waals surface area contributed by atoms with Crippen molar-refractivity contribution in [2.75, 3.05) is 0 Å². The van der Waals surface area contributed by atoms with Crippen molar-refractivity contribution < 1.29 is 22.4 Å². The van der Waals surface area contributed by atoms with Crippen LogP contribution in [0.5, 0.6) is 0 Å². The average Bonchev–Trinajstić information content (AvgIpc) is 2.14. The number of halogens is 5. The fourth-order valence-electron chi connectivity index (χ4n) is 1.13. The monoisotopic (exact) mass is 254 g/mol. The summed E-state index contributed by atoms with van der Waals surface area (Å²) in [6, 6.07) is 1.99. The molecular formula is C10H7ClF4O. The number of alkyl halides is 4. The van der Waals surface area contributed by atoms with E-state index in [1.165, 1.54) is 6.92 Å². The molecule has 0 aromatic heterocycles. The Bertz CT molecular complexity index is 412. The van der Waals surface area contributed by atoms with Crippen LogP contribution in [0.15, 0.2) is 18.2 Å². The van der Waals surface area contributed by atoms with Crippen molar-refractivity contribution in [2.45, 2.75) is 18.5 Å². The Morgan fingerprint density at radius 3 is 2.31 bits per heavy atom. The standard InChI is InChI=1S/C10H7ClF4O/c1-5(11)9(16)6-2-3-7(8(12)4-6)10(13,14)15/h2-5H,1H3. The van der Waals surface area contributed by atoms with E-state index in [1.807, 2.05) is 0 Å². The van der Waals surface area contributed by atoms with E-state index in [2.05, 4.69) is 0 Å². The Hall–Kier alpha value is -1.10. The van der Waals surface area contributed by atoms with Crippen LogP contribution in [0.4, 0.5) is 17.6 Å². The fraction of sp³-hybridized carbons (Fsp3) is 0.300. The van der Waals surface area contributed by atoms with E-state index in [0.717, 1.165) is 6.07 Å². The molecule has 0 radical (unpaired) electrons. The van der Waals surface area contributed by atoms with Gasteiger partial charge in [0.05, 0.1) is 10.9 Å². The van der Waals surface area contributed by atoms with Crippen LogP contribution in [-0.2, 0) is 6.18 Å². The van der Waals surface area contributed by atoms with Crippen molar-refractivity contribution in [1.29, 1.82) is 0 Å². The second-order valence-electron chi connectivity index (χ2n) is 3.17. The summed E-state index contributed by atoms with van der Waals surface area (Å²) in [6.45, 7) is 1.36. The predicted molar refractivity (Wildman–Crippen MR) is 51.0 cm³/mol. The highest BCUT2D eigenvalue weighted by atomic mass is 35.5. The summed E-state index contributed by atoms with van der Waals surface area (Å²) in [5, 5.41) is -0.906. The van der Waals surface area contributed by atoms with E-state index in [9.17, 15) is 22.4 Å². The lowest BCUT2D eigenvalue weighted by Crippen LogP contribution is -2.13. The molecule has 0 saturated carbocycles. The first kappa shape index (κ1) is 13.0. The Balaban J connectivity index is 3.15. The minimum Gasteiger partial charge on any atom is -0.293 e. The van der Waals surface area contributed by atoms with Crippen LogP contribution < -0.4 is 0 Å². The van der Waals surface area contributed by atoms with Gasteiger partial charge in [-0.2, -0.15) is 13.2 Å². The molecule has 0 saturated heterocycles. The van der Waals surface area contributed by atoms with Gasteiger partial charge < -0.3 is 0 Å². The van der Waals surface area contributed by atoms with Gasteiger partial charge in [0.2, 0.25) is 0 Å². The molecule has 88 valence electrons. The number of carbonyl (C=O) groups excluding carboxylic acids is 1. The lowest BCUT2D eigenvalue weighted by molar-refractivity contribution is -0.140. The number of benzene rings is 1. The third kappa shape index (κ3) is 2.72. The number of hydrogen-bond acceptors (Lipinski definition) is 1. The van der Waals surface area contributed by atoms with E-state index >= 15 is 0 Å². The molecule has 0 amide bonds. The van der Waals surface area contributed by atoms with E-state index < -0.39 is 28.7 Å². The zero-order valence-corrected chi connectivity index (χ0v) is 8.86. The Morgan fingerprint density at radius 2 is 1.94 bits per heavy atom. The summed E-state index contributed by atoms with van der Waals surface area (Å²) in [7, 11) is 0. The minimum absolute atomic E-state index is 0.173. The molecule has 0 aliphatic carbocycles. The SMILES string of the molecule is CC(Cl)C(=O)c1ccc(C(F)(F)F)c(F)c1. The predicted octanol–water partition coefficient (Wildman–Crippen LogP) is 3.65. The smallest absolute Gasteiger partial charge is 0.293 e. The highest BCUT2D eigenvalue weighted by Gasteiger charge is 2.34. The second kappa shape index (κ2) is 4.41. The van der Waals surface area contributed by atoms with Gasteiger partial charge in [0.15, 0.2) is 5.78 Å². The van der Waals surface area contributed by atoms with Crippen molar-refractivity contribution in [2.24, 2.45) is 0 Å². The molecule has 1 unspecified atom stereocenters. The summed E-state index contributed by atoms with van der Waals surface area (Å²) in [5.74, 6) is -2.09. The Labute approximate surface area is 94.0 Å². The van der Waals surface area contributed by atoms with Crippen LogP contribution >= 0.6 is 11.6 Å². The maximum Gasteiger partial charge on any atom is 0.419 e. The molecule has 6 heteroatoms. The van der Waals surface area contributed by atoms with Gasteiger partial charge in [-0.3, -0.25) is 4.79 Å². The number of ketones is 1. The largest absolute Gasteiger partial charge is 0.419 e. The van der Waals surface area contributed by atoms with Gasteiger partial charge in [-0.1, -0.05) is 6.07 Å². The van der Waals surface area contributed by atoms with E-state index in [0.29, 0.717) is 12.1 Å². The van der Waals surface area contributed by atoms with Gasteiger partial charge in [0, 0.05) is 5.56 Å². The first-order valence-corrected chi connectivity index (χ1v) is 4.72. The van der Waals surface area contributed by atoms with Gasteiger partial charge in [-0.25, -0.2) is 4.39 Å². The van der Waals surface area contributed by atoms with Gasteiger partial charge >= 0.3 is 6.18 Å². The Kier molecular flexibility index (Phi) is 3.57. The second-order valence-corrected chi connectivity index (χ2v) is 3.83. The van der Waals surface area contributed by atoms with Crippen LogP contribution in [0.1, 0.15) is 22.8 Å². The fourth-order valence-corrected chi connectivity index (χ4v) is 1.25. The lowest BCUT2D eigenvalue weighted by Gasteiger charge is -2.09. The molecule has 1 aromatic rings. The first-order chi connectivity index (χ1) is 7.23. The molecule has 1 aromatic carbocycles. The van der Waals surface area contributed by atoms with Crippen molar-refractivity contribution in [1.82, 2.24) is 0 Å². The molecule has 16 heavy (non-hydrogen) atoms. The van der Waals surface area contributed by atoms with Crippen molar-refractivity contribution in [3.63, 3.8) is 0 Å². The molecule has 1 atom stereocenters. The maximum absolute atomic E-state index is 13.1. The molecule has 1 rings (SSSR count). The van der Waals surface area contributed by atoms with Crippen LogP contribution in [0.25, 0.3) is 0 Å². The number of rotatable bonds is 2. The number of carbonyl (C=O) groups is 1.